The van der Waals surface area contributed by atoms with Crippen LogP contribution in [-0.2, 0) is 4.74 Å². The number of hydrogen-bond acceptors (Lipinski definition) is 5. The summed E-state index contributed by atoms with van der Waals surface area (Å²) < 4.78 is 5.46. The van der Waals surface area contributed by atoms with Gasteiger partial charge in [-0.25, -0.2) is 4.98 Å². The van der Waals surface area contributed by atoms with E-state index in [1.165, 1.54) is 6.42 Å². The van der Waals surface area contributed by atoms with Gasteiger partial charge in [-0.15, -0.1) is 0 Å². The Balaban J connectivity index is 1.88. The quantitative estimate of drug-likeness (QED) is 0.715. The largest absolute Gasteiger partial charge is 0.384 e. The lowest BCUT2D eigenvalue weighted by Crippen LogP contribution is -2.34. The molecule has 5 nitrogen and oxygen atoms in total. The molecule has 3 rings (SSSR count). The van der Waals surface area contributed by atoms with Crippen LogP contribution in [0.5, 0.6) is 0 Å². The van der Waals surface area contributed by atoms with Crippen LogP contribution in [0.1, 0.15) is 6.42 Å². The number of nitrogen functional groups attached to an aromatic ring is 1. The average Bonchev–Trinajstić information content (AvgIpc) is 2.77. The lowest BCUT2D eigenvalue weighted by Gasteiger charge is -2.22. The predicted octanol–water partition coefficient (Wildman–Crippen LogP) is 0.284. The maximum Gasteiger partial charge on any atom is 0.227 e. The summed E-state index contributed by atoms with van der Waals surface area (Å²) in [4.78, 5) is 10.7. The van der Waals surface area contributed by atoms with E-state index in [0.717, 1.165) is 25.7 Å². The summed E-state index contributed by atoms with van der Waals surface area (Å²) in [5, 5.41) is 0. The standard InChI is InChI=1S/C10H14N4O/c11-9-1-3-12-10(13-9)14-4-2-7-5-15-6-8(7)14/h1,3,7-8H,2,4-6H2,(H2,11,12,13). The van der Waals surface area contributed by atoms with E-state index in [-0.39, 0.29) is 0 Å². The minimum atomic E-state index is 0.451. The third-order valence-corrected chi connectivity index (χ3v) is 3.23. The zero-order valence-corrected chi connectivity index (χ0v) is 8.47. The first-order valence-corrected chi connectivity index (χ1v) is 5.27. The van der Waals surface area contributed by atoms with E-state index in [4.69, 9.17) is 10.5 Å². The molecule has 1 aromatic rings. The van der Waals surface area contributed by atoms with Crippen LogP contribution >= 0.6 is 0 Å². The summed E-state index contributed by atoms with van der Waals surface area (Å²) in [5.41, 5.74) is 5.65. The van der Waals surface area contributed by atoms with Crippen molar-refractivity contribution in [2.24, 2.45) is 5.92 Å². The van der Waals surface area contributed by atoms with Gasteiger partial charge in [0, 0.05) is 18.7 Å². The Morgan fingerprint density at radius 2 is 2.40 bits per heavy atom. The van der Waals surface area contributed by atoms with Crippen LogP contribution in [0.2, 0.25) is 0 Å². The minimum Gasteiger partial charge on any atom is -0.384 e. The highest BCUT2D eigenvalue weighted by molar-refractivity contribution is 5.40. The van der Waals surface area contributed by atoms with Crippen LogP contribution in [-0.4, -0.2) is 35.8 Å². The SMILES string of the molecule is Nc1ccnc(N2CCC3COCC32)n1. The summed E-state index contributed by atoms with van der Waals surface area (Å²) in [6, 6.07) is 2.16. The van der Waals surface area contributed by atoms with Crippen molar-refractivity contribution in [1.29, 1.82) is 0 Å². The molecule has 0 aliphatic carbocycles. The zero-order chi connectivity index (χ0) is 10.3. The van der Waals surface area contributed by atoms with Crippen molar-refractivity contribution in [3.8, 4) is 0 Å². The van der Waals surface area contributed by atoms with Crippen molar-refractivity contribution >= 4 is 11.8 Å². The van der Waals surface area contributed by atoms with Gasteiger partial charge in [0.15, 0.2) is 0 Å². The van der Waals surface area contributed by atoms with Crippen LogP contribution in [0.3, 0.4) is 0 Å². The molecule has 0 bridgehead atoms. The molecule has 1 aromatic heterocycles. The number of fused-ring (bicyclic) bond motifs is 1. The third kappa shape index (κ3) is 1.43. The van der Waals surface area contributed by atoms with Crippen molar-refractivity contribution in [2.75, 3.05) is 30.4 Å². The van der Waals surface area contributed by atoms with E-state index in [1.807, 2.05) is 0 Å². The fourth-order valence-electron chi connectivity index (χ4n) is 2.43. The molecular weight excluding hydrogens is 192 g/mol. The van der Waals surface area contributed by atoms with E-state index in [9.17, 15) is 0 Å². The molecule has 2 atom stereocenters. The molecule has 80 valence electrons. The van der Waals surface area contributed by atoms with Crippen LogP contribution in [0.4, 0.5) is 11.8 Å². The summed E-state index contributed by atoms with van der Waals surface area (Å²) in [6.07, 6.45) is 2.88. The monoisotopic (exact) mass is 206 g/mol. The number of nitrogens with zero attached hydrogens (tertiary/aromatic N) is 3. The van der Waals surface area contributed by atoms with Gasteiger partial charge in [0.1, 0.15) is 5.82 Å². The Bertz CT molecular complexity index is 370. The molecule has 2 unspecified atom stereocenters. The molecule has 2 saturated heterocycles. The highest BCUT2D eigenvalue weighted by Crippen LogP contribution is 2.31. The molecule has 2 fully saturated rings. The maximum atomic E-state index is 5.65. The summed E-state index contributed by atoms with van der Waals surface area (Å²) in [6.45, 7) is 2.69. The van der Waals surface area contributed by atoms with Gasteiger partial charge in [0.25, 0.3) is 0 Å². The summed E-state index contributed by atoms with van der Waals surface area (Å²) in [5.74, 6) is 1.92. The Morgan fingerprint density at radius 1 is 1.47 bits per heavy atom. The van der Waals surface area contributed by atoms with Crippen LogP contribution in [0.25, 0.3) is 0 Å². The van der Waals surface area contributed by atoms with Crippen LogP contribution < -0.4 is 10.6 Å². The fraction of sp³-hybridized carbons (Fsp3) is 0.600. The van der Waals surface area contributed by atoms with Gasteiger partial charge >= 0.3 is 0 Å². The highest BCUT2D eigenvalue weighted by Gasteiger charge is 2.39. The number of nitrogens with two attached hydrogens (primary N) is 1. The van der Waals surface area contributed by atoms with Gasteiger partial charge in [-0.2, -0.15) is 4.98 Å². The first-order valence-electron chi connectivity index (χ1n) is 5.27. The average molecular weight is 206 g/mol. The normalized spacial score (nSPS) is 29.5. The summed E-state index contributed by atoms with van der Waals surface area (Å²) >= 11 is 0. The van der Waals surface area contributed by atoms with E-state index in [2.05, 4.69) is 14.9 Å². The van der Waals surface area contributed by atoms with Gasteiger partial charge < -0.3 is 15.4 Å². The molecule has 0 saturated carbocycles. The van der Waals surface area contributed by atoms with Crippen molar-refractivity contribution in [3.63, 3.8) is 0 Å². The molecule has 5 heteroatoms. The smallest absolute Gasteiger partial charge is 0.227 e. The van der Waals surface area contributed by atoms with E-state index in [0.29, 0.717) is 17.8 Å². The molecule has 3 heterocycles. The Hall–Kier alpha value is -1.36. The first kappa shape index (κ1) is 8.91. The second-order valence-electron chi connectivity index (χ2n) is 4.13. The number of anilines is 2. The molecule has 15 heavy (non-hydrogen) atoms. The topological polar surface area (TPSA) is 64.3 Å². The van der Waals surface area contributed by atoms with Gasteiger partial charge in [0.05, 0.1) is 19.3 Å². The molecule has 0 aromatic carbocycles. The summed E-state index contributed by atoms with van der Waals surface area (Å²) in [7, 11) is 0. The van der Waals surface area contributed by atoms with Crippen molar-refractivity contribution < 1.29 is 4.74 Å². The number of aromatic nitrogens is 2. The second-order valence-corrected chi connectivity index (χ2v) is 4.13. The van der Waals surface area contributed by atoms with E-state index in [1.54, 1.807) is 12.3 Å². The van der Waals surface area contributed by atoms with Crippen LogP contribution in [0.15, 0.2) is 12.3 Å². The predicted molar refractivity (Wildman–Crippen MR) is 56.5 cm³/mol. The number of ether oxygens (including phenoxy) is 1. The third-order valence-electron chi connectivity index (χ3n) is 3.23. The Labute approximate surface area is 88.3 Å². The highest BCUT2D eigenvalue weighted by atomic mass is 16.5. The Kier molecular flexibility index (Phi) is 1.98. The number of rotatable bonds is 1. The van der Waals surface area contributed by atoms with Gasteiger partial charge in [-0.3, -0.25) is 0 Å². The molecule has 0 radical (unpaired) electrons. The fourth-order valence-corrected chi connectivity index (χ4v) is 2.43. The van der Waals surface area contributed by atoms with Crippen molar-refractivity contribution in [1.82, 2.24) is 9.97 Å². The molecule has 2 aliphatic rings. The first-order chi connectivity index (χ1) is 7.34. The number of hydrogen-bond donors (Lipinski definition) is 1. The Morgan fingerprint density at radius 3 is 3.27 bits per heavy atom. The minimum absolute atomic E-state index is 0.451. The molecule has 0 spiro atoms. The van der Waals surface area contributed by atoms with Gasteiger partial charge in [-0.1, -0.05) is 0 Å². The molecular formula is C10H14N4O. The zero-order valence-electron chi connectivity index (χ0n) is 8.47. The second kappa shape index (κ2) is 3.34. The van der Waals surface area contributed by atoms with Gasteiger partial charge in [-0.05, 0) is 12.5 Å². The molecule has 0 amide bonds. The van der Waals surface area contributed by atoms with Crippen molar-refractivity contribution in [3.05, 3.63) is 12.3 Å². The van der Waals surface area contributed by atoms with Crippen molar-refractivity contribution in [2.45, 2.75) is 12.5 Å². The lowest BCUT2D eigenvalue weighted by atomic mass is 10.1. The maximum absolute atomic E-state index is 5.65. The van der Waals surface area contributed by atoms with E-state index >= 15 is 0 Å². The lowest BCUT2D eigenvalue weighted by molar-refractivity contribution is 0.179. The van der Waals surface area contributed by atoms with E-state index < -0.39 is 0 Å². The van der Waals surface area contributed by atoms with Gasteiger partial charge in [0.2, 0.25) is 5.95 Å². The molecule has 2 N–H and O–H groups in total. The molecule has 2 aliphatic heterocycles. The van der Waals surface area contributed by atoms with Crippen LogP contribution in [0, 0.1) is 5.92 Å².